The van der Waals surface area contributed by atoms with Crippen LogP contribution in [0.25, 0.3) is 11.4 Å². The lowest BCUT2D eigenvalue weighted by Gasteiger charge is -2.17. The summed E-state index contributed by atoms with van der Waals surface area (Å²) in [5.41, 5.74) is 0.996. The lowest BCUT2D eigenvalue weighted by molar-refractivity contribution is -0.147. The zero-order valence-corrected chi connectivity index (χ0v) is 11.2. The number of imidazole rings is 1. The van der Waals surface area contributed by atoms with Gasteiger partial charge >= 0.3 is 5.97 Å². The average molecular weight is 258 g/mol. The number of ether oxygens (including phenoxy) is 1. The van der Waals surface area contributed by atoms with Gasteiger partial charge in [-0.15, -0.1) is 0 Å². The predicted octanol–water partition coefficient (Wildman–Crippen LogP) is 3.06. The molecule has 1 atom stereocenters. The molecule has 0 aliphatic rings. The van der Waals surface area contributed by atoms with Crippen LogP contribution >= 0.6 is 0 Å². The average Bonchev–Trinajstić information content (AvgIpc) is 2.90. The standard InChI is InChI=1S/C15H18N2O2/c1-3-13(15(18)19-4-2)17-11-10-16-14(17)12-8-6-5-7-9-12/h5-11,13H,3-4H2,1-2H3. The second kappa shape index (κ2) is 6.18. The van der Waals surface area contributed by atoms with Gasteiger partial charge in [-0.25, -0.2) is 9.78 Å². The number of benzene rings is 1. The molecule has 0 aliphatic heterocycles. The molecule has 4 nitrogen and oxygen atoms in total. The van der Waals surface area contributed by atoms with Gasteiger partial charge in [0.2, 0.25) is 0 Å². The minimum Gasteiger partial charge on any atom is -0.464 e. The Balaban J connectivity index is 2.35. The lowest BCUT2D eigenvalue weighted by atomic mass is 10.1. The van der Waals surface area contributed by atoms with Gasteiger partial charge in [0.15, 0.2) is 0 Å². The molecular weight excluding hydrogens is 240 g/mol. The second-order valence-corrected chi connectivity index (χ2v) is 4.20. The first-order chi connectivity index (χ1) is 9.27. The number of hydrogen-bond acceptors (Lipinski definition) is 3. The van der Waals surface area contributed by atoms with E-state index < -0.39 is 0 Å². The molecule has 0 spiro atoms. The largest absolute Gasteiger partial charge is 0.464 e. The van der Waals surface area contributed by atoms with E-state index in [4.69, 9.17) is 4.74 Å². The first kappa shape index (κ1) is 13.3. The molecule has 0 radical (unpaired) electrons. The molecule has 0 saturated carbocycles. The summed E-state index contributed by atoms with van der Waals surface area (Å²) in [4.78, 5) is 16.3. The van der Waals surface area contributed by atoms with E-state index in [0.29, 0.717) is 13.0 Å². The molecule has 1 aromatic heterocycles. The van der Waals surface area contributed by atoms with Crippen molar-refractivity contribution in [3.05, 3.63) is 42.7 Å². The van der Waals surface area contributed by atoms with E-state index in [1.807, 2.05) is 54.9 Å². The zero-order chi connectivity index (χ0) is 13.7. The third-order valence-corrected chi connectivity index (χ3v) is 2.98. The third kappa shape index (κ3) is 2.84. The maximum Gasteiger partial charge on any atom is 0.329 e. The molecule has 0 bridgehead atoms. The van der Waals surface area contributed by atoms with Gasteiger partial charge < -0.3 is 9.30 Å². The van der Waals surface area contributed by atoms with Crippen molar-refractivity contribution < 1.29 is 9.53 Å². The molecule has 2 rings (SSSR count). The number of aromatic nitrogens is 2. The summed E-state index contributed by atoms with van der Waals surface area (Å²) >= 11 is 0. The van der Waals surface area contributed by atoms with Crippen molar-refractivity contribution >= 4 is 5.97 Å². The van der Waals surface area contributed by atoms with Gasteiger partial charge in [0.05, 0.1) is 6.61 Å². The molecule has 2 aromatic rings. The Bertz CT molecular complexity index is 534. The highest BCUT2D eigenvalue weighted by molar-refractivity contribution is 5.75. The Kier molecular flexibility index (Phi) is 4.34. The molecule has 4 heteroatoms. The third-order valence-electron chi connectivity index (χ3n) is 2.98. The maximum absolute atomic E-state index is 12.0. The Morgan fingerprint density at radius 3 is 2.68 bits per heavy atom. The molecule has 0 aliphatic carbocycles. The van der Waals surface area contributed by atoms with Gasteiger partial charge in [-0.3, -0.25) is 0 Å². The van der Waals surface area contributed by atoms with E-state index in [-0.39, 0.29) is 12.0 Å². The lowest BCUT2D eigenvalue weighted by Crippen LogP contribution is -2.21. The van der Waals surface area contributed by atoms with Gasteiger partial charge in [-0.1, -0.05) is 37.3 Å². The minimum atomic E-state index is -0.322. The van der Waals surface area contributed by atoms with Crippen LogP contribution in [-0.2, 0) is 9.53 Å². The summed E-state index contributed by atoms with van der Waals surface area (Å²) in [6.07, 6.45) is 4.21. The van der Waals surface area contributed by atoms with E-state index in [9.17, 15) is 4.79 Å². The molecule has 0 saturated heterocycles. The van der Waals surface area contributed by atoms with Crippen molar-refractivity contribution in [1.29, 1.82) is 0 Å². The summed E-state index contributed by atoms with van der Waals surface area (Å²) < 4.78 is 7.00. The monoisotopic (exact) mass is 258 g/mol. The van der Waals surface area contributed by atoms with Crippen LogP contribution in [0.5, 0.6) is 0 Å². The topological polar surface area (TPSA) is 44.1 Å². The quantitative estimate of drug-likeness (QED) is 0.774. The number of carbonyl (C=O) groups excluding carboxylic acids is 1. The van der Waals surface area contributed by atoms with E-state index >= 15 is 0 Å². The van der Waals surface area contributed by atoms with Gasteiger partial charge in [-0.2, -0.15) is 0 Å². The first-order valence-corrected chi connectivity index (χ1v) is 6.52. The molecule has 0 N–H and O–H groups in total. The Labute approximate surface area is 113 Å². The number of carbonyl (C=O) groups is 1. The maximum atomic E-state index is 12.0. The summed E-state index contributed by atoms with van der Waals surface area (Å²) in [7, 11) is 0. The fourth-order valence-corrected chi connectivity index (χ4v) is 2.09. The summed E-state index contributed by atoms with van der Waals surface area (Å²) in [6.45, 7) is 4.18. The smallest absolute Gasteiger partial charge is 0.329 e. The normalized spacial score (nSPS) is 12.1. The number of hydrogen-bond donors (Lipinski definition) is 0. The van der Waals surface area contributed by atoms with Crippen molar-refractivity contribution in [2.75, 3.05) is 6.61 Å². The zero-order valence-electron chi connectivity index (χ0n) is 11.2. The number of nitrogens with zero attached hydrogens (tertiary/aromatic N) is 2. The van der Waals surface area contributed by atoms with Crippen LogP contribution in [-0.4, -0.2) is 22.1 Å². The summed E-state index contributed by atoms with van der Waals surface area (Å²) in [5.74, 6) is 0.584. The van der Waals surface area contributed by atoms with Crippen LogP contribution in [0.2, 0.25) is 0 Å². The van der Waals surface area contributed by atoms with Crippen LogP contribution in [0.4, 0.5) is 0 Å². The van der Waals surface area contributed by atoms with Crippen molar-refractivity contribution in [3.8, 4) is 11.4 Å². The van der Waals surface area contributed by atoms with Gasteiger partial charge in [0.1, 0.15) is 11.9 Å². The van der Waals surface area contributed by atoms with Crippen molar-refractivity contribution in [3.63, 3.8) is 0 Å². The van der Waals surface area contributed by atoms with E-state index in [1.54, 1.807) is 6.20 Å². The van der Waals surface area contributed by atoms with Crippen LogP contribution < -0.4 is 0 Å². The molecular formula is C15H18N2O2. The van der Waals surface area contributed by atoms with E-state index in [0.717, 1.165) is 11.4 Å². The Morgan fingerprint density at radius 1 is 1.32 bits per heavy atom. The number of rotatable bonds is 5. The highest BCUT2D eigenvalue weighted by atomic mass is 16.5. The molecule has 19 heavy (non-hydrogen) atoms. The highest BCUT2D eigenvalue weighted by Gasteiger charge is 2.22. The molecule has 1 unspecified atom stereocenters. The summed E-state index contributed by atoms with van der Waals surface area (Å²) in [6, 6.07) is 9.52. The summed E-state index contributed by atoms with van der Waals surface area (Å²) in [5, 5.41) is 0. The Hall–Kier alpha value is -2.10. The van der Waals surface area contributed by atoms with Crippen LogP contribution in [0.3, 0.4) is 0 Å². The van der Waals surface area contributed by atoms with Crippen molar-refractivity contribution in [2.24, 2.45) is 0 Å². The SMILES string of the molecule is CCOC(=O)C(CC)n1ccnc1-c1ccccc1. The van der Waals surface area contributed by atoms with E-state index in [1.165, 1.54) is 0 Å². The predicted molar refractivity (Wildman–Crippen MR) is 73.6 cm³/mol. The van der Waals surface area contributed by atoms with Gasteiger partial charge in [-0.05, 0) is 13.3 Å². The van der Waals surface area contributed by atoms with Crippen LogP contribution in [0.15, 0.2) is 42.7 Å². The molecule has 1 aromatic carbocycles. The van der Waals surface area contributed by atoms with Gasteiger partial charge in [0, 0.05) is 18.0 Å². The van der Waals surface area contributed by atoms with Crippen molar-refractivity contribution in [2.45, 2.75) is 26.3 Å². The van der Waals surface area contributed by atoms with Crippen LogP contribution in [0, 0.1) is 0 Å². The fraction of sp³-hybridized carbons (Fsp3) is 0.333. The molecule has 0 fully saturated rings. The van der Waals surface area contributed by atoms with Crippen molar-refractivity contribution in [1.82, 2.24) is 9.55 Å². The Morgan fingerprint density at radius 2 is 2.05 bits per heavy atom. The first-order valence-electron chi connectivity index (χ1n) is 6.52. The minimum absolute atomic E-state index is 0.208. The van der Waals surface area contributed by atoms with E-state index in [2.05, 4.69) is 4.98 Å². The molecule has 100 valence electrons. The molecule has 1 heterocycles. The number of esters is 1. The highest BCUT2D eigenvalue weighted by Crippen LogP contribution is 2.23. The fourth-order valence-electron chi connectivity index (χ4n) is 2.09. The van der Waals surface area contributed by atoms with Gasteiger partial charge in [0.25, 0.3) is 0 Å². The van der Waals surface area contributed by atoms with Crippen LogP contribution in [0.1, 0.15) is 26.3 Å². The molecule has 0 amide bonds. The second-order valence-electron chi connectivity index (χ2n) is 4.20.